The second-order valence-corrected chi connectivity index (χ2v) is 6.10. The summed E-state index contributed by atoms with van der Waals surface area (Å²) in [6, 6.07) is 9.75. The van der Waals surface area contributed by atoms with Crippen LogP contribution in [0.2, 0.25) is 0 Å². The number of rotatable bonds is 8. The van der Waals surface area contributed by atoms with E-state index in [1.165, 1.54) is 12.1 Å². The minimum atomic E-state index is -0.303. The number of carbonyl (C=O) groups excluding carboxylic acids is 1. The predicted octanol–water partition coefficient (Wildman–Crippen LogP) is 2.89. The van der Waals surface area contributed by atoms with Gasteiger partial charge >= 0.3 is 0 Å². The van der Waals surface area contributed by atoms with Crippen molar-refractivity contribution in [1.29, 1.82) is 0 Å². The Hall–Kier alpha value is -3.10. The first-order valence-corrected chi connectivity index (χ1v) is 8.69. The van der Waals surface area contributed by atoms with Gasteiger partial charge in [-0.25, -0.2) is 9.37 Å². The molecule has 0 saturated heterocycles. The molecule has 1 N–H and O–H groups in total. The number of anilines is 1. The van der Waals surface area contributed by atoms with E-state index < -0.39 is 0 Å². The smallest absolute Gasteiger partial charge is 0.251 e. The molecule has 0 aliphatic heterocycles. The third kappa shape index (κ3) is 4.99. The van der Waals surface area contributed by atoms with E-state index in [0.717, 1.165) is 16.7 Å². The van der Waals surface area contributed by atoms with Crippen LogP contribution in [0.1, 0.15) is 0 Å². The first kappa shape index (κ1) is 19.7. The van der Waals surface area contributed by atoms with Gasteiger partial charge in [-0.05, 0) is 42.0 Å². The van der Waals surface area contributed by atoms with Crippen molar-refractivity contribution in [2.24, 2.45) is 7.05 Å². The Balaban J connectivity index is 1.79. The highest BCUT2D eigenvalue weighted by atomic mass is 19.1. The fourth-order valence-corrected chi connectivity index (χ4v) is 2.67. The van der Waals surface area contributed by atoms with Gasteiger partial charge in [0, 0.05) is 37.7 Å². The van der Waals surface area contributed by atoms with E-state index in [1.807, 2.05) is 19.3 Å². The summed E-state index contributed by atoms with van der Waals surface area (Å²) in [7, 11) is 3.38. The maximum absolute atomic E-state index is 13.2. The predicted molar refractivity (Wildman–Crippen MR) is 103 cm³/mol. The minimum absolute atomic E-state index is 0.0804. The number of nitrogens with one attached hydrogen (secondary N) is 1. The lowest BCUT2D eigenvalue weighted by Gasteiger charge is -2.08. The normalized spacial score (nSPS) is 10.8. The number of nitrogens with zero attached hydrogens (tertiary/aromatic N) is 3. The average molecular weight is 384 g/mol. The molecule has 146 valence electrons. The molecule has 3 rings (SSSR count). The van der Waals surface area contributed by atoms with Crippen molar-refractivity contribution >= 4 is 11.7 Å². The van der Waals surface area contributed by atoms with Gasteiger partial charge in [-0.2, -0.15) is 5.10 Å². The number of amides is 1. The topological polar surface area (TPSA) is 78.3 Å². The number of halogens is 1. The number of ether oxygens (including phenoxy) is 2. The van der Waals surface area contributed by atoms with Crippen LogP contribution < -0.4 is 5.32 Å². The zero-order valence-electron chi connectivity index (χ0n) is 15.7. The fourth-order valence-electron chi connectivity index (χ4n) is 2.67. The third-order valence-corrected chi connectivity index (χ3v) is 3.95. The van der Waals surface area contributed by atoms with Crippen molar-refractivity contribution in [2.45, 2.75) is 0 Å². The Bertz CT molecular complexity index is 941. The highest BCUT2D eigenvalue weighted by molar-refractivity contribution is 5.91. The molecule has 2 aromatic heterocycles. The molecule has 0 aliphatic carbocycles. The van der Waals surface area contributed by atoms with Gasteiger partial charge in [0.25, 0.3) is 5.91 Å². The lowest BCUT2D eigenvalue weighted by Crippen LogP contribution is -2.20. The molecule has 0 fully saturated rings. The molecule has 0 atom stereocenters. The largest absolute Gasteiger partial charge is 0.382 e. The van der Waals surface area contributed by atoms with E-state index in [4.69, 9.17) is 9.47 Å². The molecule has 2 heterocycles. The molecule has 0 spiro atoms. The van der Waals surface area contributed by atoms with Gasteiger partial charge in [-0.1, -0.05) is 0 Å². The molecule has 1 amide bonds. The lowest BCUT2D eigenvalue weighted by molar-refractivity contribution is -0.121. The molecule has 0 radical (unpaired) electrons. The molecule has 0 aliphatic rings. The lowest BCUT2D eigenvalue weighted by atomic mass is 10.0. The molecule has 3 aromatic rings. The van der Waals surface area contributed by atoms with Gasteiger partial charge in [0.15, 0.2) is 0 Å². The zero-order chi connectivity index (χ0) is 19.9. The summed E-state index contributed by atoms with van der Waals surface area (Å²) < 4.78 is 25.0. The molecule has 8 heteroatoms. The number of methoxy groups -OCH3 is 1. The Morgan fingerprint density at radius 3 is 2.71 bits per heavy atom. The molecule has 0 unspecified atom stereocenters. The van der Waals surface area contributed by atoms with Crippen LogP contribution in [0, 0.1) is 5.82 Å². The zero-order valence-corrected chi connectivity index (χ0v) is 15.7. The van der Waals surface area contributed by atoms with E-state index in [0.29, 0.717) is 24.7 Å². The van der Waals surface area contributed by atoms with Crippen molar-refractivity contribution in [3.63, 3.8) is 0 Å². The maximum atomic E-state index is 13.2. The highest BCUT2D eigenvalue weighted by Crippen LogP contribution is 2.31. The van der Waals surface area contributed by atoms with Gasteiger partial charge in [0.05, 0.1) is 13.2 Å². The molecule has 0 saturated carbocycles. The summed E-state index contributed by atoms with van der Waals surface area (Å²) in [4.78, 5) is 16.2. The number of hydrogen-bond donors (Lipinski definition) is 1. The second kappa shape index (κ2) is 9.20. The van der Waals surface area contributed by atoms with Crippen molar-refractivity contribution in [2.75, 3.05) is 32.2 Å². The SMILES string of the molecule is COCCOCC(=O)Nc1cc(-c2cn(C)nc2-c2ccc(F)cc2)ccn1. The van der Waals surface area contributed by atoms with Crippen LogP contribution in [0.25, 0.3) is 22.4 Å². The Morgan fingerprint density at radius 2 is 1.96 bits per heavy atom. The van der Waals surface area contributed by atoms with Crippen LogP contribution in [0.4, 0.5) is 10.2 Å². The van der Waals surface area contributed by atoms with Gasteiger partial charge < -0.3 is 14.8 Å². The van der Waals surface area contributed by atoms with Crippen molar-refractivity contribution in [3.8, 4) is 22.4 Å². The van der Waals surface area contributed by atoms with Gasteiger partial charge in [0.1, 0.15) is 23.9 Å². The molecular formula is C20H21FN4O3. The van der Waals surface area contributed by atoms with Crippen molar-refractivity contribution < 1.29 is 18.7 Å². The molecule has 7 nitrogen and oxygen atoms in total. The van der Waals surface area contributed by atoms with Gasteiger partial charge in [0.2, 0.25) is 0 Å². The van der Waals surface area contributed by atoms with E-state index in [-0.39, 0.29) is 18.3 Å². The van der Waals surface area contributed by atoms with Crippen LogP contribution in [-0.2, 0) is 21.3 Å². The monoisotopic (exact) mass is 384 g/mol. The summed E-state index contributed by atoms with van der Waals surface area (Å²) in [5.41, 5.74) is 3.20. The Morgan fingerprint density at radius 1 is 1.18 bits per heavy atom. The molecule has 1 aromatic carbocycles. The number of hydrogen-bond acceptors (Lipinski definition) is 5. The van der Waals surface area contributed by atoms with Crippen molar-refractivity contribution in [3.05, 3.63) is 54.6 Å². The number of benzene rings is 1. The summed E-state index contributed by atoms with van der Waals surface area (Å²) in [6.45, 7) is 0.686. The van der Waals surface area contributed by atoms with Crippen LogP contribution in [0.5, 0.6) is 0 Å². The third-order valence-electron chi connectivity index (χ3n) is 3.95. The molecule has 28 heavy (non-hydrogen) atoms. The van der Waals surface area contributed by atoms with Crippen LogP contribution in [0.15, 0.2) is 48.8 Å². The first-order valence-electron chi connectivity index (χ1n) is 8.69. The van der Waals surface area contributed by atoms with Crippen LogP contribution in [-0.4, -0.2) is 47.6 Å². The average Bonchev–Trinajstić information content (AvgIpc) is 3.08. The summed E-state index contributed by atoms with van der Waals surface area (Å²) in [5.74, 6) is -0.194. The first-order chi connectivity index (χ1) is 13.6. The van der Waals surface area contributed by atoms with E-state index in [2.05, 4.69) is 15.4 Å². The minimum Gasteiger partial charge on any atom is -0.382 e. The molecule has 0 bridgehead atoms. The number of pyridine rings is 1. The van der Waals surface area contributed by atoms with Crippen molar-refractivity contribution in [1.82, 2.24) is 14.8 Å². The maximum Gasteiger partial charge on any atom is 0.251 e. The fraction of sp³-hybridized carbons (Fsp3) is 0.250. The quantitative estimate of drug-likeness (QED) is 0.604. The summed E-state index contributed by atoms with van der Waals surface area (Å²) in [5, 5.41) is 7.20. The summed E-state index contributed by atoms with van der Waals surface area (Å²) in [6.07, 6.45) is 3.48. The van der Waals surface area contributed by atoms with E-state index in [9.17, 15) is 9.18 Å². The highest BCUT2D eigenvalue weighted by Gasteiger charge is 2.14. The van der Waals surface area contributed by atoms with Crippen LogP contribution in [0.3, 0.4) is 0 Å². The number of carbonyl (C=O) groups is 1. The van der Waals surface area contributed by atoms with Gasteiger partial charge in [-0.3, -0.25) is 9.48 Å². The van der Waals surface area contributed by atoms with Gasteiger partial charge in [-0.15, -0.1) is 0 Å². The number of aryl methyl sites for hydroxylation is 1. The Kier molecular flexibility index (Phi) is 6.46. The van der Waals surface area contributed by atoms with E-state index >= 15 is 0 Å². The second-order valence-electron chi connectivity index (χ2n) is 6.10. The Labute approximate surface area is 162 Å². The summed E-state index contributed by atoms with van der Waals surface area (Å²) >= 11 is 0. The van der Waals surface area contributed by atoms with Crippen LogP contribution >= 0.6 is 0 Å². The van der Waals surface area contributed by atoms with E-state index in [1.54, 1.807) is 36.2 Å². The standard InChI is InChI=1S/C20H21FN4O3/c1-25-12-17(20(24-25)14-3-5-16(21)6-4-14)15-7-8-22-18(11-15)23-19(26)13-28-10-9-27-2/h3-8,11-12H,9-10,13H2,1-2H3,(H,22,23,26). The number of aromatic nitrogens is 3. The molecular weight excluding hydrogens is 363 g/mol.